The third-order valence-corrected chi connectivity index (χ3v) is 4.32. The number of aliphatic carboxylic acids is 1. The van der Waals surface area contributed by atoms with Gasteiger partial charge in [-0.1, -0.05) is 6.07 Å². The highest BCUT2D eigenvalue weighted by molar-refractivity contribution is 5.73. The van der Waals surface area contributed by atoms with Crippen LogP contribution in [0.15, 0.2) is 18.2 Å². The van der Waals surface area contributed by atoms with Crippen molar-refractivity contribution in [2.24, 2.45) is 0 Å². The summed E-state index contributed by atoms with van der Waals surface area (Å²) in [7, 11) is 0. The third-order valence-electron chi connectivity index (χ3n) is 4.32. The Morgan fingerprint density at radius 2 is 1.77 bits per heavy atom. The normalized spacial score (nSPS) is 19.3. The van der Waals surface area contributed by atoms with Crippen LogP contribution in [0.2, 0.25) is 0 Å². The van der Waals surface area contributed by atoms with Gasteiger partial charge in [-0.15, -0.1) is 0 Å². The summed E-state index contributed by atoms with van der Waals surface area (Å²) in [4.78, 5) is 8.90. The lowest BCUT2D eigenvalue weighted by Gasteiger charge is -2.35. The Hall–Kier alpha value is -1.63. The lowest BCUT2D eigenvalue weighted by Crippen LogP contribution is -2.38. The molecule has 1 aromatic carbocycles. The molecule has 1 spiro atoms. The minimum absolute atomic E-state index is 0.0754. The third kappa shape index (κ3) is 3.58. The molecule has 3 rings (SSSR count). The minimum Gasteiger partial charge on any atom is -0.475 e. The lowest BCUT2D eigenvalue weighted by atomic mass is 9.74. The first-order chi connectivity index (χ1) is 10.2. The van der Waals surface area contributed by atoms with Crippen LogP contribution in [0, 0.1) is 5.82 Å². The predicted octanol–water partition coefficient (Wildman–Crippen LogP) is 3.03. The van der Waals surface area contributed by atoms with Crippen LogP contribution in [0.5, 0.6) is 0 Å². The average molecular weight is 319 g/mol. The Bertz CT molecular complexity index is 545. The molecule has 7 heteroatoms. The summed E-state index contributed by atoms with van der Waals surface area (Å²) in [6.07, 6.45) is -0.393. The maximum Gasteiger partial charge on any atom is 0.490 e. The summed E-state index contributed by atoms with van der Waals surface area (Å²) in [5.74, 6) is -2.83. The highest BCUT2D eigenvalue weighted by Gasteiger charge is 2.39. The summed E-state index contributed by atoms with van der Waals surface area (Å²) in [6, 6.07) is 5.34. The number of rotatable bonds is 0. The molecule has 22 heavy (non-hydrogen) atoms. The van der Waals surface area contributed by atoms with E-state index in [0.717, 1.165) is 19.5 Å². The van der Waals surface area contributed by atoms with Gasteiger partial charge >= 0.3 is 12.1 Å². The van der Waals surface area contributed by atoms with E-state index >= 15 is 0 Å². The topological polar surface area (TPSA) is 49.3 Å². The molecule has 0 amide bonds. The van der Waals surface area contributed by atoms with Crippen molar-refractivity contribution in [2.75, 3.05) is 13.1 Å². The standard InChI is InChI=1S/C13H16FN.C2HF3O2/c14-11-2-1-10-3-4-13(12(10)9-11)5-7-15-8-6-13;3-2(4,5)1(6)7/h1-2,9,15H,3-8H2;(H,6,7). The second-order valence-corrected chi connectivity index (χ2v) is 5.63. The van der Waals surface area contributed by atoms with Gasteiger partial charge in [-0.05, 0) is 67.4 Å². The van der Waals surface area contributed by atoms with Gasteiger partial charge in [-0.2, -0.15) is 13.2 Å². The van der Waals surface area contributed by atoms with Crippen molar-refractivity contribution in [1.29, 1.82) is 0 Å². The van der Waals surface area contributed by atoms with Gasteiger partial charge in [-0.3, -0.25) is 0 Å². The molecule has 0 bridgehead atoms. The molecule has 0 saturated carbocycles. The van der Waals surface area contributed by atoms with Crippen molar-refractivity contribution >= 4 is 5.97 Å². The quantitative estimate of drug-likeness (QED) is 0.723. The smallest absolute Gasteiger partial charge is 0.475 e. The SMILES string of the molecule is Fc1ccc2c(c1)C1(CCNCC1)CC2.O=C(O)C(F)(F)F. The Morgan fingerprint density at radius 1 is 1.18 bits per heavy atom. The first kappa shape index (κ1) is 16.7. The van der Waals surface area contributed by atoms with Gasteiger partial charge in [0.15, 0.2) is 0 Å². The molecule has 1 saturated heterocycles. The number of carbonyl (C=O) groups is 1. The number of carboxylic acids is 1. The van der Waals surface area contributed by atoms with Crippen molar-refractivity contribution in [2.45, 2.75) is 37.3 Å². The Kier molecular flexibility index (Phi) is 4.75. The predicted molar refractivity (Wildman–Crippen MR) is 72.2 cm³/mol. The van der Waals surface area contributed by atoms with Gasteiger partial charge in [0.25, 0.3) is 0 Å². The fourth-order valence-corrected chi connectivity index (χ4v) is 3.19. The van der Waals surface area contributed by atoms with Gasteiger partial charge < -0.3 is 10.4 Å². The van der Waals surface area contributed by atoms with Crippen LogP contribution < -0.4 is 5.32 Å². The van der Waals surface area contributed by atoms with E-state index in [-0.39, 0.29) is 5.82 Å². The number of fused-ring (bicyclic) bond motifs is 2. The van der Waals surface area contributed by atoms with Crippen molar-refractivity contribution in [3.8, 4) is 0 Å². The number of alkyl halides is 3. The Morgan fingerprint density at radius 3 is 2.32 bits per heavy atom. The fourth-order valence-electron chi connectivity index (χ4n) is 3.19. The first-order valence-corrected chi connectivity index (χ1v) is 7.04. The van der Waals surface area contributed by atoms with E-state index in [0.29, 0.717) is 5.41 Å². The zero-order valence-electron chi connectivity index (χ0n) is 11.8. The van der Waals surface area contributed by atoms with Crippen LogP contribution in [0.3, 0.4) is 0 Å². The summed E-state index contributed by atoms with van der Waals surface area (Å²) in [6.45, 7) is 2.16. The van der Waals surface area contributed by atoms with Crippen molar-refractivity contribution in [3.05, 3.63) is 35.1 Å². The number of benzene rings is 1. The highest BCUT2D eigenvalue weighted by atomic mass is 19.4. The second-order valence-electron chi connectivity index (χ2n) is 5.63. The van der Waals surface area contributed by atoms with Crippen LogP contribution in [0.1, 0.15) is 30.4 Å². The van der Waals surface area contributed by atoms with E-state index in [2.05, 4.69) is 5.32 Å². The number of hydrogen-bond acceptors (Lipinski definition) is 2. The molecule has 1 heterocycles. The fraction of sp³-hybridized carbons (Fsp3) is 0.533. The molecule has 1 aliphatic heterocycles. The number of nitrogens with one attached hydrogen (secondary N) is 1. The van der Waals surface area contributed by atoms with E-state index in [1.807, 2.05) is 6.07 Å². The Balaban J connectivity index is 0.000000217. The minimum atomic E-state index is -5.08. The number of aryl methyl sites for hydroxylation is 1. The van der Waals surface area contributed by atoms with Crippen LogP contribution in [-0.4, -0.2) is 30.3 Å². The molecule has 0 unspecified atom stereocenters. The van der Waals surface area contributed by atoms with Gasteiger partial charge in [0, 0.05) is 0 Å². The summed E-state index contributed by atoms with van der Waals surface area (Å²) < 4.78 is 45.0. The lowest BCUT2D eigenvalue weighted by molar-refractivity contribution is -0.192. The van der Waals surface area contributed by atoms with Crippen molar-refractivity contribution in [1.82, 2.24) is 5.32 Å². The number of piperidine rings is 1. The maximum absolute atomic E-state index is 13.3. The molecule has 1 fully saturated rings. The van der Waals surface area contributed by atoms with E-state index in [9.17, 15) is 17.6 Å². The van der Waals surface area contributed by atoms with E-state index in [1.54, 1.807) is 12.1 Å². The monoisotopic (exact) mass is 319 g/mol. The van der Waals surface area contributed by atoms with Crippen molar-refractivity contribution in [3.63, 3.8) is 0 Å². The number of halogens is 4. The van der Waals surface area contributed by atoms with Crippen LogP contribution >= 0.6 is 0 Å². The van der Waals surface area contributed by atoms with Crippen molar-refractivity contribution < 1.29 is 27.5 Å². The molecule has 1 aromatic rings. The zero-order chi connectivity index (χ0) is 16.4. The molecule has 0 atom stereocenters. The second kappa shape index (κ2) is 6.24. The van der Waals surface area contributed by atoms with Gasteiger partial charge in [0.2, 0.25) is 0 Å². The molecule has 0 radical (unpaired) electrons. The molecule has 1 aliphatic carbocycles. The average Bonchev–Trinajstić information content (AvgIpc) is 2.78. The molecular weight excluding hydrogens is 302 g/mol. The summed E-state index contributed by atoms with van der Waals surface area (Å²) in [5.41, 5.74) is 2.96. The van der Waals surface area contributed by atoms with Crippen LogP contribution in [0.25, 0.3) is 0 Å². The molecule has 122 valence electrons. The van der Waals surface area contributed by atoms with E-state index in [1.165, 1.54) is 30.4 Å². The summed E-state index contributed by atoms with van der Waals surface area (Å²) in [5, 5.41) is 10.5. The van der Waals surface area contributed by atoms with Gasteiger partial charge in [0.1, 0.15) is 5.82 Å². The van der Waals surface area contributed by atoms with Crippen LogP contribution in [-0.2, 0) is 16.6 Å². The largest absolute Gasteiger partial charge is 0.490 e. The molecule has 2 aliphatic rings. The first-order valence-electron chi connectivity index (χ1n) is 7.04. The zero-order valence-corrected chi connectivity index (χ0v) is 11.8. The molecule has 2 N–H and O–H groups in total. The Labute approximate surface area is 125 Å². The van der Waals surface area contributed by atoms with Gasteiger partial charge in [0.05, 0.1) is 0 Å². The molecule has 3 nitrogen and oxygen atoms in total. The summed E-state index contributed by atoms with van der Waals surface area (Å²) >= 11 is 0. The number of carboxylic acid groups (broad SMARTS) is 1. The van der Waals surface area contributed by atoms with E-state index < -0.39 is 12.1 Å². The van der Waals surface area contributed by atoms with Crippen LogP contribution in [0.4, 0.5) is 17.6 Å². The van der Waals surface area contributed by atoms with E-state index in [4.69, 9.17) is 9.90 Å². The number of hydrogen-bond donors (Lipinski definition) is 2. The molecular formula is C15H17F4NO2. The maximum atomic E-state index is 13.3. The van der Waals surface area contributed by atoms with Gasteiger partial charge in [-0.25, -0.2) is 9.18 Å². The highest BCUT2D eigenvalue weighted by Crippen LogP contribution is 2.45. The molecule has 0 aromatic heterocycles.